The Morgan fingerprint density at radius 1 is 0.935 bits per heavy atom. The second kappa shape index (κ2) is 10.1. The number of nitro groups is 1. The summed E-state index contributed by atoms with van der Waals surface area (Å²) < 4.78 is 2.04. The molecule has 0 aromatic heterocycles. The van der Waals surface area contributed by atoms with Crippen molar-refractivity contribution in [2.24, 2.45) is 0 Å². The molecule has 3 rings (SSSR count). The Morgan fingerprint density at radius 3 is 2.19 bits per heavy atom. The molecule has 1 heterocycles. The van der Waals surface area contributed by atoms with Gasteiger partial charge in [0.15, 0.2) is 5.71 Å². The fourth-order valence-electron chi connectivity index (χ4n) is 2.93. The highest BCUT2D eigenvalue weighted by atomic mass is 32.2. The minimum atomic E-state index is -0.336. The molecule has 0 fully saturated rings. The van der Waals surface area contributed by atoms with Gasteiger partial charge in [-0.2, -0.15) is 0 Å². The minimum absolute atomic E-state index is 0.118. The quantitative estimate of drug-likeness (QED) is 0.364. The molecular formula is C25H26N3O2S+. The predicted molar refractivity (Wildman–Crippen MR) is 132 cm³/mol. The van der Waals surface area contributed by atoms with Crippen LogP contribution in [0.5, 0.6) is 0 Å². The fraction of sp³-hybridized carbons (Fsp3) is 0.160. The highest BCUT2D eigenvalue weighted by Crippen LogP contribution is 2.34. The van der Waals surface area contributed by atoms with E-state index in [0.29, 0.717) is 0 Å². The molecule has 158 valence electrons. The number of rotatable bonds is 5. The van der Waals surface area contributed by atoms with Gasteiger partial charge in [-0.05, 0) is 64.9 Å². The summed E-state index contributed by atoms with van der Waals surface area (Å²) in [6, 6.07) is 8.16. The highest BCUT2D eigenvalue weighted by molar-refractivity contribution is 8.06. The smallest absolute Gasteiger partial charge is 0.308 e. The third-order valence-electron chi connectivity index (χ3n) is 4.73. The molecule has 0 atom stereocenters. The normalized spacial score (nSPS) is 17.1. The van der Waals surface area contributed by atoms with E-state index in [1.165, 1.54) is 11.8 Å². The van der Waals surface area contributed by atoms with E-state index in [0.717, 1.165) is 33.0 Å². The van der Waals surface area contributed by atoms with Gasteiger partial charge >= 0.3 is 5.03 Å². The molecule has 0 N–H and O–H groups in total. The van der Waals surface area contributed by atoms with Crippen LogP contribution in [0.2, 0.25) is 0 Å². The number of benzene rings is 1. The lowest BCUT2D eigenvalue weighted by Crippen LogP contribution is -2.09. The van der Waals surface area contributed by atoms with E-state index in [2.05, 4.69) is 0 Å². The van der Waals surface area contributed by atoms with Crippen molar-refractivity contribution >= 4 is 29.2 Å². The van der Waals surface area contributed by atoms with Crippen LogP contribution in [0, 0.1) is 10.1 Å². The predicted octanol–water partition coefficient (Wildman–Crippen LogP) is 5.21. The zero-order chi connectivity index (χ0) is 22.4. The maximum atomic E-state index is 11.4. The van der Waals surface area contributed by atoms with Crippen molar-refractivity contribution in [1.29, 1.82) is 0 Å². The van der Waals surface area contributed by atoms with E-state index >= 15 is 0 Å². The number of nitrogens with zero attached hydrogens (tertiary/aromatic N) is 3. The number of hydrogen-bond acceptors (Lipinski definition) is 4. The van der Waals surface area contributed by atoms with Gasteiger partial charge < -0.3 is 4.90 Å². The SMILES string of the molecule is CN(C)c1ccc(C=CC2=C/C(=C\C=C3C=CC(=[N+](C)C)C=C3)SC([N+](=O)[O-])=C2)cc1. The lowest BCUT2D eigenvalue weighted by Gasteiger charge is -2.12. The Balaban J connectivity index is 1.82. The van der Waals surface area contributed by atoms with Gasteiger partial charge in [-0.25, -0.2) is 4.58 Å². The molecule has 0 bridgehead atoms. The average Bonchev–Trinajstić information content (AvgIpc) is 2.76. The minimum Gasteiger partial charge on any atom is -0.378 e. The number of anilines is 1. The molecule has 1 aliphatic carbocycles. The highest BCUT2D eigenvalue weighted by Gasteiger charge is 2.18. The molecule has 0 unspecified atom stereocenters. The monoisotopic (exact) mass is 432 g/mol. The van der Waals surface area contributed by atoms with E-state index in [9.17, 15) is 10.1 Å². The molecule has 0 spiro atoms. The topological polar surface area (TPSA) is 49.4 Å². The first-order chi connectivity index (χ1) is 14.8. The van der Waals surface area contributed by atoms with Crippen molar-refractivity contribution in [2.75, 3.05) is 33.1 Å². The summed E-state index contributed by atoms with van der Waals surface area (Å²) in [4.78, 5) is 13.9. The molecule has 0 saturated carbocycles. The third-order valence-corrected chi connectivity index (χ3v) is 5.69. The first-order valence-corrected chi connectivity index (χ1v) is 10.7. The number of hydrogen-bond donors (Lipinski definition) is 0. The molecule has 1 aromatic rings. The Morgan fingerprint density at radius 2 is 1.61 bits per heavy atom. The molecule has 5 nitrogen and oxygen atoms in total. The lowest BCUT2D eigenvalue weighted by atomic mass is 10.1. The largest absolute Gasteiger partial charge is 0.378 e. The van der Waals surface area contributed by atoms with Crippen LogP contribution in [-0.2, 0) is 0 Å². The summed E-state index contributed by atoms with van der Waals surface area (Å²) in [7, 11) is 8.00. The van der Waals surface area contributed by atoms with Crippen molar-refractivity contribution in [2.45, 2.75) is 0 Å². The second-order valence-corrected chi connectivity index (χ2v) is 8.62. The van der Waals surface area contributed by atoms with Gasteiger partial charge in [-0.15, -0.1) is 0 Å². The third kappa shape index (κ3) is 6.30. The summed E-state index contributed by atoms with van der Waals surface area (Å²) in [5.41, 5.74) is 5.13. The molecule has 2 aliphatic rings. The van der Waals surface area contributed by atoms with Gasteiger partial charge in [0.2, 0.25) is 0 Å². The van der Waals surface area contributed by atoms with Crippen molar-refractivity contribution in [3.63, 3.8) is 0 Å². The maximum Gasteiger partial charge on any atom is 0.308 e. The molecule has 0 amide bonds. The zero-order valence-electron chi connectivity index (χ0n) is 18.1. The molecule has 6 heteroatoms. The molecule has 0 radical (unpaired) electrons. The Bertz CT molecular complexity index is 1090. The molecule has 1 aliphatic heterocycles. The van der Waals surface area contributed by atoms with Crippen LogP contribution in [0.1, 0.15) is 5.56 Å². The fourth-order valence-corrected chi connectivity index (χ4v) is 3.78. The Labute approximate surface area is 187 Å². The van der Waals surface area contributed by atoms with E-state index in [-0.39, 0.29) is 9.95 Å². The average molecular weight is 433 g/mol. The number of allylic oxidation sites excluding steroid dienone is 11. The van der Waals surface area contributed by atoms with Crippen LogP contribution in [0.25, 0.3) is 6.08 Å². The summed E-state index contributed by atoms with van der Waals surface area (Å²) >= 11 is 1.17. The molecule has 1 aromatic carbocycles. The van der Waals surface area contributed by atoms with Crippen LogP contribution in [0.4, 0.5) is 5.69 Å². The van der Waals surface area contributed by atoms with Crippen molar-refractivity contribution < 1.29 is 9.50 Å². The van der Waals surface area contributed by atoms with Crippen molar-refractivity contribution in [3.8, 4) is 0 Å². The van der Waals surface area contributed by atoms with E-state index in [1.807, 2.05) is 117 Å². The standard InChI is InChI=1S/C25H26N3O2S/c1-26(2)22-12-7-19(8-13-22)5-6-21-17-24(31-25(18-21)28(29)30)16-11-20-9-14-23(15-10-20)27(3)4/h5-18H,1-4H3/q+1. The molecule has 31 heavy (non-hydrogen) atoms. The first-order valence-electron chi connectivity index (χ1n) is 9.85. The van der Waals surface area contributed by atoms with Crippen LogP contribution >= 0.6 is 11.8 Å². The van der Waals surface area contributed by atoms with Gasteiger partial charge in [0.1, 0.15) is 14.1 Å². The van der Waals surface area contributed by atoms with E-state index in [4.69, 9.17) is 0 Å². The van der Waals surface area contributed by atoms with E-state index in [1.54, 1.807) is 6.08 Å². The van der Waals surface area contributed by atoms with Gasteiger partial charge in [-0.3, -0.25) is 10.1 Å². The van der Waals surface area contributed by atoms with Gasteiger partial charge in [-0.1, -0.05) is 30.4 Å². The van der Waals surface area contributed by atoms with Gasteiger partial charge in [0, 0.05) is 42.9 Å². The van der Waals surface area contributed by atoms with Crippen LogP contribution < -0.4 is 4.90 Å². The van der Waals surface area contributed by atoms with Crippen LogP contribution in [0.15, 0.2) is 100 Å². The molecular weight excluding hydrogens is 406 g/mol. The summed E-state index contributed by atoms with van der Waals surface area (Å²) in [6.45, 7) is 0. The number of thioether (sulfide) groups is 1. The Hall–Kier alpha value is -3.38. The van der Waals surface area contributed by atoms with Crippen molar-refractivity contribution in [1.82, 2.24) is 0 Å². The molecule has 0 saturated heterocycles. The summed E-state index contributed by atoms with van der Waals surface area (Å²) in [6.07, 6.45) is 19.5. The zero-order valence-corrected chi connectivity index (χ0v) is 19.0. The second-order valence-electron chi connectivity index (χ2n) is 7.53. The van der Waals surface area contributed by atoms with Crippen LogP contribution in [-0.4, -0.2) is 43.4 Å². The van der Waals surface area contributed by atoms with Crippen LogP contribution in [0.3, 0.4) is 0 Å². The van der Waals surface area contributed by atoms with E-state index < -0.39 is 0 Å². The Kier molecular flexibility index (Phi) is 7.26. The van der Waals surface area contributed by atoms with Gasteiger partial charge in [0.05, 0.1) is 4.92 Å². The first kappa shape index (κ1) is 22.3. The van der Waals surface area contributed by atoms with Gasteiger partial charge in [0.25, 0.3) is 0 Å². The van der Waals surface area contributed by atoms with Crippen molar-refractivity contribution in [3.05, 3.63) is 116 Å². The maximum absolute atomic E-state index is 11.4. The lowest BCUT2D eigenvalue weighted by molar-refractivity contribution is -0.462. The summed E-state index contributed by atoms with van der Waals surface area (Å²) in [5.74, 6) is 0. The summed E-state index contributed by atoms with van der Waals surface area (Å²) in [5, 5.41) is 11.5.